The lowest BCUT2D eigenvalue weighted by molar-refractivity contribution is 0.279. The predicted octanol–water partition coefficient (Wildman–Crippen LogP) is 2.73. The van der Waals surface area contributed by atoms with Crippen LogP contribution in [-0.2, 0) is 6.61 Å². The van der Waals surface area contributed by atoms with Crippen LogP contribution in [0.5, 0.6) is 5.75 Å². The fraction of sp³-hybridized carbons (Fsp3) is 0.182. The van der Waals surface area contributed by atoms with Gasteiger partial charge in [-0.15, -0.1) is 0 Å². The lowest BCUT2D eigenvalue weighted by Crippen LogP contribution is -2.12. The standard InChI is InChI=1S/C11H9ClN2O/c1-7-5-14-9-4-8(12)2-3-10(9)15-6-11(14)13-7/h2-5H,6H2,1H3. The smallest absolute Gasteiger partial charge is 0.151 e. The highest BCUT2D eigenvalue weighted by molar-refractivity contribution is 6.30. The second kappa shape index (κ2) is 3.00. The number of rotatable bonds is 0. The number of fused-ring (bicyclic) bond motifs is 3. The van der Waals surface area contributed by atoms with E-state index in [4.69, 9.17) is 16.3 Å². The third kappa shape index (κ3) is 1.31. The minimum atomic E-state index is 0.516. The van der Waals surface area contributed by atoms with Gasteiger partial charge in [-0.1, -0.05) is 11.6 Å². The second-order valence-electron chi connectivity index (χ2n) is 3.57. The van der Waals surface area contributed by atoms with Crippen molar-refractivity contribution in [2.75, 3.05) is 0 Å². The zero-order chi connectivity index (χ0) is 10.4. The summed E-state index contributed by atoms with van der Waals surface area (Å²) >= 11 is 5.96. The molecular formula is C11H9ClN2O. The van der Waals surface area contributed by atoms with E-state index in [2.05, 4.69) is 4.98 Å². The van der Waals surface area contributed by atoms with E-state index in [9.17, 15) is 0 Å². The first kappa shape index (κ1) is 8.80. The molecule has 0 N–H and O–H groups in total. The first-order valence-corrected chi connectivity index (χ1v) is 5.09. The molecule has 0 aliphatic carbocycles. The maximum atomic E-state index is 5.96. The molecule has 0 saturated carbocycles. The molecule has 0 bridgehead atoms. The van der Waals surface area contributed by atoms with Crippen molar-refractivity contribution in [2.45, 2.75) is 13.5 Å². The first-order valence-electron chi connectivity index (χ1n) is 4.71. The van der Waals surface area contributed by atoms with Crippen molar-refractivity contribution in [3.05, 3.63) is 40.9 Å². The summed E-state index contributed by atoms with van der Waals surface area (Å²) in [7, 11) is 0. The normalized spacial score (nSPS) is 12.9. The highest BCUT2D eigenvalue weighted by Gasteiger charge is 2.18. The molecule has 3 nitrogen and oxygen atoms in total. The number of ether oxygens (including phenoxy) is 1. The molecule has 1 aliphatic heterocycles. The zero-order valence-corrected chi connectivity index (χ0v) is 8.95. The molecule has 3 rings (SSSR count). The van der Waals surface area contributed by atoms with E-state index in [1.807, 2.05) is 35.9 Å². The summed E-state index contributed by atoms with van der Waals surface area (Å²) in [6, 6.07) is 5.60. The van der Waals surface area contributed by atoms with Crippen LogP contribution in [0.4, 0.5) is 0 Å². The lowest BCUT2D eigenvalue weighted by atomic mass is 10.2. The second-order valence-corrected chi connectivity index (χ2v) is 4.01. The Morgan fingerprint density at radius 1 is 1.47 bits per heavy atom. The van der Waals surface area contributed by atoms with Gasteiger partial charge in [-0.05, 0) is 25.1 Å². The summed E-state index contributed by atoms with van der Waals surface area (Å²) in [5, 5.41) is 0.705. The number of aromatic nitrogens is 2. The van der Waals surface area contributed by atoms with Gasteiger partial charge in [0.05, 0.1) is 11.4 Å². The third-order valence-corrected chi connectivity index (χ3v) is 2.67. The fourth-order valence-corrected chi connectivity index (χ4v) is 1.97. The van der Waals surface area contributed by atoms with Gasteiger partial charge in [-0.3, -0.25) is 4.57 Å². The van der Waals surface area contributed by atoms with Gasteiger partial charge in [0.25, 0.3) is 0 Å². The summed E-state index contributed by atoms with van der Waals surface area (Å²) in [6.45, 7) is 2.48. The molecule has 0 fully saturated rings. The van der Waals surface area contributed by atoms with E-state index in [1.165, 1.54) is 0 Å². The number of hydrogen-bond acceptors (Lipinski definition) is 2. The summed E-state index contributed by atoms with van der Waals surface area (Å²) in [5.41, 5.74) is 1.95. The van der Waals surface area contributed by atoms with Crippen LogP contribution in [0.25, 0.3) is 5.69 Å². The Kier molecular flexibility index (Phi) is 1.76. The molecule has 0 atom stereocenters. The van der Waals surface area contributed by atoms with Gasteiger partial charge in [0, 0.05) is 11.2 Å². The molecule has 76 valence electrons. The molecule has 0 unspecified atom stereocenters. The Morgan fingerprint density at radius 3 is 3.20 bits per heavy atom. The summed E-state index contributed by atoms with van der Waals surface area (Å²) in [4.78, 5) is 4.37. The van der Waals surface area contributed by atoms with Crippen LogP contribution >= 0.6 is 11.6 Å². The maximum absolute atomic E-state index is 5.96. The van der Waals surface area contributed by atoms with Crippen LogP contribution in [0.1, 0.15) is 11.5 Å². The fourth-order valence-electron chi connectivity index (χ4n) is 1.80. The van der Waals surface area contributed by atoms with Gasteiger partial charge in [0.15, 0.2) is 5.82 Å². The number of imidazole rings is 1. The summed E-state index contributed by atoms with van der Waals surface area (Å²) in [6.07, 6.45) is 1.99. The van der Waals surface area contributed by atoms with Gasteiger partial charge < -0.3 is 4.74 Å². The van der Waals surface area contributed by atoms with Gasteiger partial charge in [-0.25, -0.2) is 4.98 Å². The molecule has 0 amide bonds. The number of benzene rings is 1. The monoisotopic (exact) mass is 220 g/mol. The average Bonchev–Trinajstić information content (AvgIpc) is 2.58. The molecule has 15 heavy (non-hydrogen) atoms. The first-order chi connectivity index (χ1) is 7.24. The lowest BCUT2D eigenvalue weighted by Gasteiger charge is -2.19. The van der Waals surface area contributed by atoms with Crippen LogP contribution in [0.2, 0.25) is 5.02 Å². The predicted molar refractivity (Wildman–Crippen MR) is 57.6 cm³/mol. The van der Waals surface area contributed by atoms with Crippen LogP contribution < -0.4 is 4.74 Å². The van der Waals surface area contributed by atoms with Crippen molar-refractivity contribution in [3.8, 4) is 11.4 Å². The van der Waals surface area contributed by atoms with E-state index in [0.29, 0.717) is 11.6 Å². The van der Waals surface area contributed by atoms with Crippen molar-refractivity contribution in [1.82, 2.24) is 9.55 Å². The topological polar surface area (TPSA) is 27.1 Å². The maximum Gasteiger partial charge on any atom is 0.151 e. The van der Waals surface area contributed by atoms with Gasteiger partial charge >= 0.3 is 0 Å². The van der Waals surface area contributed by atoms with Gasteiger partial charge in [0.1, 0.15) is 12.4 Å². The SMILES string of the molecule is Cc1cn2c(n1)COc1ccc(Cl)cc1-2. The van der Waals surface area contributed by atoms with Crippen LogP contribution in [0.15, 0.2) is 24.4 Å². The molecule has 0 spiro atoms. The highest BCUT2D eigenvalue weighted by atomic mass is 35.5. The van der Waals surface area contributed by atoms with Gasteiger partial charge in [0.2, 0.25) is 0 Å². The molecule has 4 heteroatoms. The Labute approximate surface area is 92.3 Å². The van der Waals surface area contributed by atoms with E-state index >= 15 is 0 Å². The molecule has 2 aromatic rings. The summed E-state index contributed by atoms with van der Waals surface area (Å²) in [5.74, 6) is 1.77. The highest BCUT2D eigenvalue weighted by Crippen LogP contribution is 2.31. The average molecular weight is 221 g/mol. The van der Waals surface area contributed by atoms with E-state index < -0.39 is 0 Å². The Balaban J connectivity index is 2.27. The minimum absolute atomic E-state index is 0.516. The van der Waals surface area contributed by atoms with E-state index in [0.717, 1.165) is 23.0 Å². The molecule has 0 saturated heterocycles. The number of halogens is 1. The van der Waals surface area contributed by atoms with Crippen LogP contribution in [-0.4, -0.2) is 9.55 Å². The Morgan fingerprint density at radius 2 is 2.33 bits per heavy atom. The van der Waals surface area contributed by atoms with Crippen LogP contribution in [0.3, 0.4) is 0 Å². The van der Waals surface area contributed by atoms with Crippen molar-refractivity contribution >= 4 is 11.6 Å². The Bertz CT molecular complexity index is 533. The van der Waals surface area contributed by atoms with E-state index in [-0.39, 0.29) is 0 Å². The zero-order valence-electron chi connectivity index (χ0n) is 8.20. The number of hydrogen-bond donors (Lipinski definition) is 0. The molecule has 1 aliphatic rings. The van der Waals surface area contributed by atoms with Crippen molar-refractivity contribution in [1.29, 1.82) is 0 Å². The van der Waals surface area contributed by atoms with Crippen molar-refractivity contribution in [2.24, 2.45) is 0 Å². The number of aryl methyl sites for hydroxylation is 1. The quantitative estimate of drug-likeness (QED) is 0.683. The third-order valence-electron chi connectivity index (χ3n) is 2.44. The van der Waals surface area contributed by atoms with Crippen molar-refractivity contribution in [3.63, 3.8) is 0 Å². The molecule has 1 aromatic heterocycles. The molecule has 1 aromatic carbocycles. The number of nitrogens with zero attached hydrogens (tertiary/aromatic N) is 2. The van der Waals surface area contributed by atoms with Crippen LogP contribution in [0, 0.1) is 6.92 Å². The Hall–Kier alpha value is -1.48. The molecule has 2 heterocycles. The van der Waals surface area contributed by atoms with Gasteiger partial charge in [-0.2, -0.15) is 0 Å². The molecule has 0 radical (unpaired) electrons. The largest absolute Gasteiger partial charge is 0.483 e. The van der Waals surface area contributed by atoms with Crippen molar-refractivity contribution < 1.29 is 4.74 Å². The minimum Gasteiger partial charge on any atom is -0.483 e. The molecular weight excluding hydrogens is 212 g/mol. The summed E-state index contributed by atoms with van der Waals surface area (Å²) < 4.78 is 7.60. The van der Waals surface area contributed by atoms with E-state index in [1.54, 1.807) is 0 Å².